The molecule has 1 aliphatic heterocycles. The number of carbonyl (C=O) groups excluding carboxylic acids is 2. The number of rotatable bonds is 7. The highest BCUT2D eigenvalue weighted by Gasteiger charge is 2.43. The molecule has 1 aromatic carbocycles. The Hall–Kier alpha value is -3.61. The SMILES string of the molecule is CCCNC(=O)C1(Cc2ccc(-c3ccncc3)cc2)CCCN(C(=O)c2cnccn2)C1. The summed E-state index contributed by atoms with van der Waals surface area (Å²) >= 11 is 0. The lowest BCUT2D eigenvalue weighted by Crippen LogP contribution is -2.54. The summed E-state index contributed by atoms with van der Waals surface area (Å²) in [4.78, 5) is 40.5. The van der Waals surface area contributed by atoms with Crippen molar-refractivity contribution in [2.75, 3.05) is 19.6 Å². The van der Waals surface area contributed by atoms with Crippen LogP contribution < -0.4 is 5.32 Å². The third-order valence-corrected chi connectivity index (χ3v) is 6.17. The van der Waals surface area contributed by atoms with Crippen molar-refractivity contribution in [3.8, 4) is 11.1 Å². The Balaban J connectivity index is 1.58. The van der Waals surface area contributed by atoms with Gasteiger partial charge in [-0.15, -0.1) is 0 Å². The van der Waals surface area contributed by atoms with Gasteiger partial charge in [-0.25, -0.2) is 4.98 Å². The van der Waals surface area contributed by atoms with E-state index in [2.05, 4.69) is 44.5 Å². The van der Waals surface area contributed by atoms with Crippen molar-refractivity contribution < 1.29 is 9.59 Å². The standard InChI is InChI=1S/C26H29N5O2/c1-2-11-30-25(33)26(10-3-16-31(19-26)24(32)23-18-28-14-15-29-23)17-20-4-6-21(7-5-20)22-8-12-27-13-9-22/h4-9,12-15,18H,2-3,10-11,16-17,19H2,1H3,(H,30,33). The zero-order valence-electron chi connectivity index (χ0n) is 18.9. The van der Waals surface area contributed by atoms with Gasteiger partial charge in [0.15, 0.2) is 0 Å². The minimum Gasteiger partial charge on any atom is -0.356 e. The average molecular weight is 444 g/mol. The van der Waals surface area contributed by atoms with E-state index in [0.29, 0.717) is 31.7 Å². The van der Waals surface area contributed by atoms with Crippen LogP contribution in [-0.2, 0) is 11.2 Å². The molecule has 33 heavy (non-hydrogen) atoms. The first-order valence-electron chi connectivity index (χ1n) is 11.4. The van der Waals surface area contributed by atoms with Crippen LogP contribution in [0.15, 0.2) is 67.4 Å². The van der Waals surface area contributed by atoms with Crippen LogP contribution in [-0.4, -0.2) is 51.3 Å². The summed E-state index contributed by atoms with van der Waals surface area (Å²) in [6, 6.07) is 12.3. The maximum atomic E-state index is 13.4. The summed E-state index contributed by atoms with van der Waals surface area (Å²) in [6.45, 7) is 3.64. The first-order valence-corrected chi connectivity index (χ1v) is 11.4. The van der Waals surface area contributed by atoms with Crippen molar-refractivity contribution in [2.45, 2.75) is 32.6 Å². The third kappa shape index (κ3) is 5.25. The Bertz CT molecular complexity index is 1070. The molecule has 1 fully saturated rings. The molecular weight excluding hydrogens is 414 g/mol. The van der Waals surface area contributed by atoms with Gasteiger partial charge < -0.3 is 10.2 Å². The van der Waals surface area contributed by atoms with Crippen LogP contribution in [0.25, 0.3) is 11.1 Å². The summed E-state index contributed by atoms with van der Waals surface area (Å²) in [5.74, 6) is -0.164. The fraction of sp³-hybridized carbons (Fsp3) is 0.346. The molecule has 7 heteroatoms. The Morgan fingerprint density at radius 3 is 2.45 bits per heavy atom. The first kappa shape index (κ1) is 22.6. The second kappa shape index (κ2) is 10.3. The van der Waals surface area contributed by atoms with Gasteiger partial charge in [0.1, 0.15) is 5.69 Å². The smallest absolute Gasteiger partial charge is 0.274 e. The molecule has 3 heterocycles. The van der Waals surface area contributed by atoms with Gasteiger partial charge in [-0.05, 0) is 54.5 Å². The fourth-order valence-corrected chi connectivity index (χ4v) is 4.46. The molecule has 1 N–H and O–H groups in total. The van der Waals surface area contributed by atoms with Gasteiger partial charge in [0.05, 0.1) is 11.6 Å². The van der Waals surface area contributed by atoms with E-state index in [1.807, 2.05) is 19.1 Å². The quantitative estimate of drug-likeness (QED) is 0.604. The largest absolute Gasteiger partial charge is 0.356 e. The number of nitrogens with zero attached hydrogens (tertiary/aromatic N) is 4. The highest BCUT2D eigenvalue weighted by molar-refractivity contribution is 5.93. The summed E-state index contributed by atoms with van der Waals surface area (Å²) in [5, 5.41) is 3.09. The van der Waals surface area contributed by atoms with E-state index < -0.39 is 5.41 Å². The van der Waals surface area contributed by atoms with Gasteiger partial charge >= 0.3 is 0 Å². The summed E-state index contributed by atoms with van der Waals surface area (Å²) in [5.41, 5.74) is 2.92. The van der Waals surface area contributed by atoms with Crippen LogP contribution in [0.2, 0.25) is 0 Å². The number of likely N-dealkylation sites (tertiary alicyclic amines) is 1. The fourth-order valence-electron chi connectivity index (χ4n) is 4.46. The zero-order chi connectivity index (χ0) is 23.1. The van der Waals surface area contributed by atoms with E-state index in [-0.39, 0.29) is 11.8 Å². The van der Waals surface area contributed by atoms with Gasteiger partial charge in [0, 0.05) is 44.4 Å². The highest BCUT2D eigenvalue weighted by Crippen LogP contribution is 2.35. The lowest BCUT2D eigenvalue weighted by Gasteiger charge is -2.41. The molecule has 1 aliphatic rings. The van der Waals surface area contributed by atoms with Crippen LogP contribution in [0.4, 0.5) is 0 Å². The molecule has 4 rings (SSSR count). The normalized spacial score (nSPS) is 18.0. The number of amides is 2. The average Bonchev–Trinajstić information content (AvgIpc) is 2.88. The third-order valence-electron chi connectivity index (χ3n) is 6.17. The summed E-state index contributed by atoms with van der Waals surface area (Å²) < 4.78 is 0. The lowest BCUT2D eigenvalue weighted by molar-refractivity contribution is -0.133. The molecule has 0 aliphatic carbocycles. The number of pyridine rings is 1. The van der Waals surface area contributed by atoms with Gasteiger partial charge in [-0.1, -0.05) is 31.2 Å². The van der Waals surface area contributed by atoms with Crippen LogP contribution in [0.1, 0.15) is 42.2 Å². The van der Waals surface area contributed by atoms with Crippen LogP contribution in [0.3, 0.4) is 0 Å². The zero-order valence-corrected chi connectivity index (χ0v) is 18.9. The van der Waals surface area contributed by atoms with E-state index in [4.69, 9.17) is 0 Å². The molecule has 0 radical (unpaired) electrons. The van der Waals surface area contributed by atoms with E-state index in [1.54, 1.807) is 23.5 Å². The Kier molecular flexibility index (Phi) is 7.07. The topological polar surface area (TPSA) is 88.1 Å². The number of nitrogens with one attached hydrogen (secondary N) is 1. The molecule has 0 spiro atoms. The second-order valence-electron chi connectivity index (χ2n) is 8.57. The molecule has 1 atom stereocenters. The highest BCUT2D eigenvalue weighted by atomic mass is 16.2. The molecule has 2 aromatic heterocycles. The second-order valence-corrected chi connectivity index (χ2v) is 8.57. The molecular formula is C26H29N5O2. The van der Waals surface area contributed by atoms with Crippen molar-refractivity contribution in [1.29, 1.82) is 0 Å². The number of benzene rings is 1. The van der Waals surface area contributed by atoms with Crippen LogP contribution >= 0.6 is 0 Å². The number of hydrogen-bond acceptors (Lipinski definition) is 5. The number of piperidine rings is 1. The van der Waals surface area contributed by atoms with E-state index >= 15 is 0 Å². The van der Waals surface area contributed by atoms with Crippen molar-refractivity contribution in [3.63, 3.8) is 0 Å². The first-order chi connectivity index (χ1) is 16.1. The number of hydrogen-bond donors (Lipinski definition) is 1. The molecule has 3 aromatic rings. The number of carbonyl (C=O) groups is 2. The maximum Gasteiger partial charge on any atom is 0.274 e. The van der Waals surface area contributed by atoms with Gasteiger partial charge in [-0.2, -0.15) is 0 Å². The van der Waals surface area contributed by atoms with Gasteiger partial charge in [0.25, 0.3) is 5.91 Å². The molecule has 0 saturated carbocycles. The van der Waals surface area contributed by atoms with Crippen LogP contribution in [0, 0.1) is 5.41 Å². The maximum absolute atomic E-state index is 13.4. The predicted molar refractivity (Wildman–Crippen MR) is 126 cm³/mol. The van der Waals surface area contributed by atoms with Gasteiger partial charge in [-0.3, -0.25) is 19.6 Å². The molecule has 170 valence electrons. The summed E-state index contributed by atoms with van der Waals surface area (Å²) in [6.07, 6.45) is 11.0. The monoisotopic (exact) mass is 443 g/mol. The van der Waals surface area contributed by atoms with Crippen molar-refractivity contribution in [3.05, 3.63) is 78.6 Å². The molecule has 1 saturated heterocycles. The Morgan fingerprint density at radius 1 is 1.00 bits per heavy atom. The summed E-state index contributed by atoms with van der Waals surface area (Å²) in [7, 11) is 0. The van der Waals surface area contributed by atoms with Gasteiger partial charge in [0.2, 0.25) is 5.91 Å². The Morgan fingerprint density at radius 2 is 1.76 bits per heavy atom. The minimum atomic E-state index is -0.677. The van der Waals surface area contributed by atoms with Crippen LogP contribution in [0.5, 0.6) is 0 Å². The van der Waals surface area contributed by atoms with E-state index in [9.17, 15) is 9.59 Å². The van der Waals surface area contributed by atoms with Crippen molar-refractivity contribution in [1.82, 2.24) is 25.2 Å². The predicted octanol–water partition coefficient (Wildman–Crippen LogP) is 3.53. The van der Waals surface area contributed by atoms with Crippen molar-refractivity contribution >= 4 is 11.8 Å². The van der Waals surface area contributed by atoms with Crippen molar-refractivity contribution in [2.24, 2.45) is 5.41 Å². The molecule has 1 unspecified atom stereocenters. The molecule has 2 amide bonds. The van der Waals surface area contributed by atoms with E-state index in [0.717, 1.165) is 36.0 Å². The lowest BCUT2D eigenvalue weighted by atomic mass is 9.74. The minimum absolute atomic E-state index is 0.0132. The molecule has 7 nitrogen and oxygen atoms in total. The van der Waals surface area contributed by atoms with E-state index in [1.165, 1.54) is 12.4 Å². The molecule has 0 bridgehead atoms. The number of aromatic nitrogens is 3. The Labute approximate surface area is 194 Å².